The second-order valence-electron chi connectivity index (χ2n) is 9.23. The molecule has 6 heteroatoms. The van der Waals surface area contributed by atoms with Crippen LogP contribution in [0.5, 0.6) is 0 Å². The number of hydrogen-bond acceptors (Lipinski definition) is 5. The molecule has 0 aliphatic rings. The van der Waals surface area contributed by atoms with Gasteiger partial charge in [-0.15, -0.1) is 0 Å². The van der Waals surface area contributed by atoms with Gasteiger partial charge in [-0.3, -0.25) is 0 Å². The SMILES string of the molecule is CCCCCCCCCCCCSc1nc(Cl)nc(SCCCCCCCCCCCC)n1. The van der Waals surface area contributed by atoms with Crippen molar-refractivity contribution in [3.05, 3.63) is 5.28 Å². The molecule has 1 rings (SSSR count). The fourth-order valence-electron chi connectivity index (χ4n) is 3.95. The molecule has 0 spiro atoms. The summed E-state index contributed by atoms with van der Waals surface area (Å²) in [6.07, 6.45) is 27.3. The predicted octanol–water partition coefficient (Wildman–Crippen LogP) is 10.6. The maximum atomic E-state index is 6.15. The summed E-state index contributed by atoms with van der Waals surface area (Å²) in [4.78, 5) is 13.2. The van der Waals surface area contributed by atoms with Crippen molar-refractivity contribution >= 4 is 35.1 Å². The first-order chi connectivity index (χ1) is 16.3. The third kappa shape index (κ3) is 19.9. The largest absolute Gasteiger partial charge is 0.227 e. The predicted molar refractivity (Wildman–Crippen MR) is 150 cm³/mol. The molecule has 0 atom stereocenters. The van der Waals surface area contributed by atoms with E-state index in [4.69, 9.17) is 11.6 Å². The van der Waals surface area contributed by atoms with E-state index in [-0.39, 0.29) is 0 Å². The highest BCUT2D eigenvalue weighted by atomic mass is 35.5. The van der Waals surface area contributed by atoms with Gasteiger partial charge in [-0.25, -0.2) is 0 Å². The zero-order chi connectivity index (χ0) is 23.8. The standard InChI is InChI=1S/C27H50ClN3S2/c1-3-5-7-9-11-13-15-17-19-21-23-32-26-29-25(28)30-27(31-26)33-24-22-20-18-16-14-12-10-8-6-4-2/h3-24H2,1-2H3. The number of nitrogens with zero attached hydrogens (tertiary/aromatic N) is 3. The van der Waals surface area contributed by atoms with Crippen molar-refractivity contribution in [2.75, 3.05) is 11.5 Å². The monoisotopic (exact) mass is 515 g/mol. The fourth-order valence-corrected chi connectivity index (χ4v) is 5.93. The minimum absolute atomic E-state index is 0.334. The van der Waals surface area contributed by atoms with E-state index in [1.54, 1.807) is 23.5 Å². The van der Waals surface area contributed by atoms with E-state index >= 15 is 0 Å². The molecule has 0 fully saturated rings. The Morgan fingerprint density at radius 1 is 0.455 bits per heavy atom. The molecule has 192 valence electrons. The maximum absolute atomic E-state index is 6.15. The van der Waals surface area contributed by atoms with Crippen LogP contribution in [0.1, 0.15) is 142 Å². The molecule has 0 N–H and O–H groups in total. The Hall–Kier alpha value is -0.000000000000000111. The number of unbranched alkanes of at least 4 members (excludes halogenated alkanes) is 18. The van der Waals surface area contributed by atoms with Crippen molar-refractivity contribution < 1.29 is 0 Å². The summed E-state index contributed by atoms with van der Waals surface area (Å²) >= 11 is 9.60. The smallest absolute Gasteiger partial charge is 0.196 e. The van der Waals surface area contributed by atoms with Crippen LogP contribution in [0, 0.1) is 0 Å². The lowest BCUT2D eigenvalue weighted by Gasteiger charge is -2.05. The third-order valence-corrected chi connectivity index (χ3v) is 8.06. The number of aromatic nitrogens is 3. The van der Waals surface area contributed by atoms with Gasteiger partial charge in [0.15, 0.2) is 10.3 Å². The third-order valence-electron chi connectivity index (χ3n) is 6.03. The summed E-state index contributed by atoms with van der Waals surface area (Å²) in [7, 11) is 0. The lowest BCUT2D eigenvalue weighted by molar-refractivity contribution is 0.563. The van der Waals surface area contributed by atoms with E-state index < -0.39 is 0 Å². The van der Waals surface area contributed by atoms with E-state index in [9.17, 15) is 0 Å². The quantitative estimate of drug-likeness (QED) is 0.101. The number of rotatable bonds is 24. The molecule has 0 aliphatic heterocycles. The zero-order valence-electron chi connectivity index (χ0n) is 21.6. The van der Waals surface area contributed by atoms with Gasteiger partial charge < -0.3 is 0 Å². The second kappa shape index (κ2) is 23.7. The summed E-state index contributed by atoms with van der Waals surface area (Å²) < 4.78 is 0. The molecule has 0 unspecified atom stereocenters. The van der Waals surface area contributed by atoms with E-state index in [0.717, 1.165) is 21.8 Å². The average molecular weight is 516 g/mol. The van der Waals surface area contributed by atoms with Gasteiger partial charge in [-0.2, -0.15) is 15.0 Å². The highest BCUT2D eigenvalue weighted by Gasteiger charge is 2.06. The Bertz CT molecular complexity index is 516. The Balaban J connectivity index is 2.02. The van der Waals surface area contributed by atoms with Crippen LogP contribution in [0.2, 0.25) is 5.28 Å². The molecule has 0 bridgehead atoms. The summed E-state index contributed by atoms with van der Waals surface area (Å²) in [5.74, 6) is 2.14. The van der Waals surface area contributed by atoms with Crippen LogP contribution in [0.25, 0.3) is 0 Å². The van der Waals surface area contributed by atoms with Gasteiger partial charge in [0.25, 0.3) is 0 Å². The topological polar surface area (TPSA) is 38.7 Å². The molecule has 33 heavy (non-hydrogen) atoms. The summed E-state index contributed by atoms with van der Waals surface area (Å²) in [5, 5.41) is 1.91. The lowest BCUT2D eigenvalue weighted by Crippen LogP contribution is -1.96. The first-order valence-electron chi connectivity index (χ1n) is 13.9. The van der Waals surface area contributed by atoms with Crippen molar-refractivity contribution in [2.45, 2.75) is 153 Å². The molecular formula is C27H50ClN3S2. The average Bonchev–Trinajstić information content (AvgIpc) is 2.80. The molecule has 3 nitrogen and oxygen atoms in total. The van der Waals surface area contributed by atoms with E-state index in [0.29, 0.717) is 5.28 Å². The Morgan fingerprint density at radius 2 is 0.758 bits per heavy atom. The summed E-state index contributed by atoms with van der Waals surface area (Å²) in [6, 6.07) is 0. The van der Waals surface area contributed by atoms with Gasteiger partial charge in [0.1, 0.15) is 0 Å². The van der Waals surface area contributed by atoms with Crippen LogP contribution in [0.3, 0.4) is 0 Å². The fraction of sp³-hybridized carbons (Fsp3) is 0.889. The van der Waals surface area contributed by atoms with Crippen LogP contribution in [-0.4, -0.2) is 26.5 Å². The Labute approximate surface area is 218 Å². The highest BCUT2D eigenvalue weighted by molar-refractivity contribution is 7.99. The Kier molecular flexibility index (Phi) is 22.3. The Morgan fingerprint density at radius 3 is 1.09 bits per heavy atom. The minimum atomic E-state index is 0.334. The number of halogens is 1. The molecule has 0 aliphatic carbocycles. The minimum Gasteiger partial charge on any atom is -0.196 e. The summed E-state index contributed by atoms with van der Waals surface area (Å²) in [5.41, 5.74) is 0. The van der Waals surface area contributed by atoms with Gasteiger partial charge in [0.05, 0.1) is 0 Å². The molecule has 0 saturated carbocycles. The van der Waals surface area contributed by atoms with E-state index in [1.807, 2.05) is 0 Å². The number of hydrogen-bond donors (Lipinski definition) is 0. The lowest BCUT2D eigenvalue weighted by atomic mass is 10.1. The maximum Gasteiger partial charge on any atom is 0.227 e. The highest BCUT2D eigenvalue weighted by Crippen LogP contribution is 2.23. The van der Waals surface area contributed by atoms with Crippen molar-refractivity contribution in [3.63, 3.8) is 0 Å². The van der Waals surface area contributed by atoms with E-state index in [1.165, 1.54) is 128 Å². The van der Waals surface area contributed by atoms with Crippen molar-refractivity contribution in [2.24, 2.45) is 0 Å². The van der Waals surface area contributed by atoms with Gasteiger partial charge in [0.2, 0.25) is 5.28 Å². The van der Waals surface area contributed by atoms with Crippen LogP contribution in [0.15, 0.2) is 10.3 Å². The molecule has 0 amide bonds. The molecule has 0 radical (unpaired) electrons. The molecule has 1 heterocycles. The van der Waals surface area contributed by atoms with Crippen LogP contribution >= 0.6 is 35.1 Å². The molecule has 1 aromatic heterocycles. The van der Waals surface area contributed by atoms with Crippen molar-refractivity contribution in [1.29, 1.82) is 0 Å². The van der Waals surface area contributed by atoms with Gasteiger partial charge in [-0.1, -0.05) is 153 Å². The molecule has 1 aromatic rings. The van der Waals surface area contributed by atoms with E-state index in [2.05, 4.69) is 28.8 Å². The van der Waals surface area contributed by atoms with Crippen LogP contribution in [0.4, 0.5) is 0 Å². The molecule has 0 aromatic carbocycles. The van der Waals surface area contributed by atoms with Crippen molar-refractivity contribution in [1.82, 2.24) is 15.0 Å². The zero-order valence-corrected chi connectivity index (χ0v) is 24.0. The van der Waals surface area contributed by atoms with Crippen LogP contribution in [-0.2, 0) is 0 Å². The first-order valence-corrected chi connectivity index (χ1v) is 16.3. The normalized spacial score (nSPS) is 11.4. The first kappa shape index (κ1) is 31.0. The molecular weight excluding hydrogens is 466 g/mol. The second-order valence-corrected chi connectivity index (χ2v) is 11.7. The number of thioether (sulfide) groups is 2. The molecule has 0 saturated heterocycles. The van der Waals surface area contributed by atoms with Gasteiger partial charge >= 0.3 is 0 Å². The summed E-state index contributed by atoms with van der Waals surface area (Å²) in [6.45, 7) is 4.56. The van der Waals surface area contributed by atoms with Gasteiger partial charge in [0, 0.05) is 11.5 Å². The van der Waals surface area contributed by atoms with Crippen LogP contribution < -0.4 is 0 Å². The van der Waals surface area contributed by atoms with Crippen molar-refractivity contribution in [3.8, 4) is 0 Å². The van der Waals surface area contributed by atoms with Gasteiger partial charge in [-0.05, 0) is 24.4 Å².